The number of furan rings is 1. The average Bonchev–Trinajstić information content (AvgIpc) is 3.46. The smallest absolute Gasteiger partial charge is 0.216 e. The van der Waals surface area contributed by atoms with Crippen LogP contribution in [0.4, 0.5) is 0 Å². The second-order valence-electron chi connectivity index (χ2n) is 14.8. The molecule has 4 aromatic heterocycles. The second-order valence-corrected chi connectivity index (χ2v) is 19.8. The van der Waals surface area contributed by atoms with Gasteiger partial charge in [0.05, 0.1) is 13.7 Å². The summed E-state index contributed by atoms with van der Waals surface area (Å²) in [6, 6.07) is 39.8. The Bertz CT molecular complexity index is 2200. The minimum absolute atomic E-state index is 0. The molecular formula is C44H45IrN3OSi-2. The van der Waals surface area contributed by atoms with E-state index in [2.05, 4.69) is 135 Å². The molecule has 0 unspecified atom stereocenters. The summed E-state index contributed by atoms with van der Waals surface area (Å²) in [6.45, 7) is 18.2. The first-order chi connectivity index (χ1) is 23.4. The maximum Gasteiger partial charge on any atom is 0.216 e. The van der Waals surface area contributed by atoms with Gasteiger partial charge in [0, 0.05) is 49.0 Å². The fourth-order valence-electron chi connectivity index (χ4n) is 6.36. The van der Waals surface area contributed by atoms with Gasteiger partial charge in [-0.15, -0.1) is 54.1 Å². The maximum absolute atomic E-state index is 6.15. The minimum Gasteiger partial charge on any atom is -0.486 e. The zero-order valence-electron chi connectivity index (χ0n) is 30.3. The number of hydrogen-bond donors (Lipinski definition) is 0. The van der Waals surface area contributed by atoms with Crippen LogP contribution in [-0.4, -0.2) is 23.0 Å². The zero-order valence-corrected chi connectivity index (χ0v) is 33.7. The molecular weight excluding hydrogens is 807 g/mol. The van der Waals surface area contributed by atoms with E-state index < -0.39 is 8.07 Å². The first-order valence-electron chi connectivity index (χ1n) is 17.1. The Morgan fingerprint density at radius 1 is 0.780 bits per heavy atom. The van der Waals surface area contributed by atoms with Crippen molar-refractivity contribution in [1.82, 2.24) is 15.0 Å². The molecule has 0 aliphatic carbocycles. The molecule has 6 heteroatoms. The molecule has 0 fully saturated rings. The second kappa shape index (κ2) is 15.3. The Morgan fingerprint density at radius 3 is 2.24 bits per heavy atom. The van der Waals surface area contributed by atoms with Crippen molar-refractivity contribution in [2.45, 2.75) is 66.1 Å². The third-order valence-electron chi connectivity index (χ3n) is 9.08. The summed E-state index contributed by atoms with van der Waals surface area (Å²) in [6.07, 6.45) is 5.11. The number of fused-ring (bicyclic) bond motifs is 3. The molecule has 3 aromatic carbocycles. The topological polar surface area (TPSA) is 51.8 Å². The fraction of sp³-hybridized carbons (Fsp3) is 0.250. The van der Waals surface area contributed by atoms with Gasteiger partial charge in [0.25, 0.3) is 0 Å². The summed E-state index contributed by atoms with van der Waals surface area (Å²) < 4.78 is 6.15. The largest absolute Gasteiger partial charge is 0.486 e. The third kappa shape index (κ3) is 8.05. The van der Waals surface area contributed by atoms with E-state index >= 15 is 0 Å². The van der Waals surface area contributed by atoms with E-state index in [0.717, 1.165) is 51.0 Å². The van der Waals surface area contributed by atoms with Crippen LogP contribution in [0.25, 0.3) is 44.6 Å². The summed E-state index contributed by atoms with van der Waals surface area (Å²) in [7, 11) is -1.34. The van der Waals surface area contributed by atoms with Gasteiger partial charge in [-0.3, -0.25) is 0 Å². The summed E-state index contributed by atoms with van der Waals surface area (Å²) in [5, 5.41) is 3.54. The number of aromatic nitrogens is 3. The number of aryl methyl sites for hydroxylation is 1. The van der Waals surface area contributed by atoms with Crippen molar-refractivity contribution in [3.8, 4) is 22.5 Å². The van der Waals surface area contributed by atoms with E-state index in [1.807, 2.05) is 55.6 Å². The van der Waals surface area contributed by atoms with Gasteiger partial charge in [0.15, 0.2) is 0 Å². The molecule has 1 radical (unpaired) electrons. The Kier molecular flexibility index (Phi) is 11.4. The Hall–Kier alpha value is -4.22. The molecule has 50 heavy (non-hydrogen) atoms. The third-order valence-corrected chi connectivity index (χ3v) is 11.1. The summed E-state index contributed by atoms with van der Waals surface area (Å²) in [4.78, 5) is 13.9. The van der Waals surface area contributed by atoms with Crippen molar-refractivity contribution >= 4 is 35.3 Å². The maximum atomic E-state index is 6.15. The monoisotopic (exact) mass is 852 g/mol. The quantitative estimate of drug-likeness (QED) is 0.118. The van der Waals surface area contributed by atoms with Gasteiger partial charge in [-0.05, 0) is 65.2 Å². The van der Waals surface area contributed by atoms with Crippen LogP contribution in [0.2, 0.25) is 19.6 Å². The summed E-state index contributed by atoms with van der Waals surface area (Å²) >= 11 is 0. The Labute approximate surface area is 311 Å². The fourth-order valence-corrected chi connectivity index (χ4v) is 7.95. The minimum atomic E-state index is -1.34. The van der Waals surface area contributed by atoms with Gasteiger partial charge in [-0.1, -0.05) is 106 Å². The number of hydrogen-bond acceptors (Lipinski definition) is 4. The molecule has 0 atom stereocenters. The van der Waals surface area contributed by atoms with Crippen molar-refractivity contribution in [2.75, 3.05) is 0 Å². The molecule has 0 saturated carbocycles. The Balaban J connectivity index is 0.000000204. The molecule has 0 spiro atoms. The normalized spacial score (nSPS) is 11.7. The van der Waals surface area contributed by atoms with Crippen LogP contribution >= 0.6 is 0 Å². The van der Waals surface area contributed by atoms with Gasteiger partial charge in [0.2, 0.25) is 5.71 Å². The van der Waals surface area contributed by atoms with E-state index in [1.165, 1.54) is 21.9 Å². The molecule has 0 bridgehead atoms. The molecule has 0 amide bonds. The zero-order chi connectivity index (χ0) is 34.8. The van der Waals surface area contributed by atoms with Crippen LogP contribution in [0.1, 0.15) is 50.1 Å². The molecule has 0 aliphatic heterocycles. The van der Waals surface area contributed by atoms with Gasteiger partial charge in [-0.2, -0.15) is 0 Å². The molecule has 0 aliphatic rings. The SMILES string of the molecule is CC(C)Cc1cc(-c2[c-]cccc2)ncc1[Si](C)(C)C.Cc1ccc2c(n1)oc1c(-c3cc(C(C)(C)c4ccccc4)ccn3)[c-]ccc12.[Ir]. The predicted molar refractivity (Wildman–Crippen MR) is 207 cm³/mol. The van der Waals surface area contributed by atoms with Crippen molar-refractivity contribution in [3.63, 3.8) is 0 Å². The van der Waals surface area contributed by atoms with E-state index in [9.17, 15) is 0 Å². The van der Waals surface area contributed by atoms with Crippen molar-refractivity contribution in [1.29, 1.82) is 0 Å². The molecule has 7 rings (SSSR count). The van der Waals surface area contributed by atoms with Crippen LogP contribution in [0, 0.1) is 25.0 Å². The van der Waals surface area contributed by atoms with Crippen LogP contribution in [0.3, 0.4) is 0 Å². The number of nitrogens with zero attached hydrogens (tertiary/aromatic N) is 3. The molecule has 257 valence electrons. The van der Waals surface area contributed by atoms with Crippen molar-refractivity contribution in [2.24, 2.45) is 5.92 Å². The van der Waals surface area contributed by atoms with Crippen LogP contribution < -0.4 is 5.19 Å². The van der Waals surface area contributed by atoms with E-state index in [0.29, 0.717) is 11.6 Å². The first kappa shape index (κ1) is 37.0. The number of pyridine rings is 3. The van der Waals surface area contributed by atoms with Gasteiger partial charge >= 0.3 is 0 Å². The van der Waals surface area contributed by atoms with Crippen LogP contribution in [0.15, 0.2) is 114 Å². The summed E-state index contributed by atoms with van der Waals surface area (Å²) in [5.41, 5.74) is 10.0. The van der Waals surface area contributed by atoms with E-state index in [-0.39, 0.29) is 25.5 Å². The van der Waals surface area contributed by atoms with Crippen LogP contribution in [-0.2, 0) is 31.9 Å². The Morgan fingerprint density at radius 2 is 1.54 bits per heavy atom. The molecule has 0 saturated heterocycles. The van der Waals surface area contributed by atoms with E-state index in [4.69, 9.17) is 4.42 Å². The molecule has 0 N–H and O–H groups in total. The molecule has 4 heterocycles. The average molecular weight is 852 g/mol. The number of rotatable bonds is 7. The first-order valence-corrected chi connectivity index (χ1v) is 20.6. The number of benzene rings is 3. The molecule has 4 nitrogen and oxygen atoms in total. The molecule has 7 aromatic rings. The van der Waals surface area contributed by atoms with Crippen LogP contribution in [0.5, 0.6) is 0 Å². The summed E-state index contributed by atoms with van der Waals surface area (Å²) in [5.74, 6) is 0.667. The van der Waals surface area contributed by atoms with Gasteiger partial charge in [0.1, 0.15) is 0 Å². The van der Waals surface area contributed by atoms with Gasteiger partial charge < -0.3 is 14.4 Å². The van der Waals surface area contributed by atoms with Crippen molar-refractivity contribution < 1.29 is 24.5 Å². The van der Waals surface area contributed by atoms with Gasteiger partial charge in [-0.25, -0.2) is 4.98 Å². The predicted octanol–water partition coefficient (Wildman–Crippen LogP) is 10.8. The van der Waals surface area contributed by atoms with Crippen molar-refractivity contribution in [3.05, 3.63) is 144 Å². The standard InChI is InChI=1S/C26H21N2O.C18H24NSi.Ir/c1-17-12-13-21-20-10-7-11-22(24(20)29-25(21)28-17)23-16-19(14-15-27-23)26(2,3)18-8-5-4-6-9-18;1-14(2)11-16-12-17(15-9-7-6-8-10-15)19-13-18(16)20(3,4)5;/h4-10,12-16H,1-3H3;6-9,12-14H,11H2,1-5H3;/q2*-1;. The van der Waals surface area contributed by atoms with E-state index in [1.54, 1.807) is 0 Å².